The molecule has 28 heavy (non-hydrogen) atoms. The van der Waals surface area contributed by atoms with Gasteiger partial charge < -0.3 is 4.74 Å². The zero-order valence-electron chi connectivity index (χ0n) is 16.6. The molecule has 0 fully saturated rings. The van der Waals surface area contributed by atoms with Crippen LogP contribution in [0.5, 0.6) is 5.75 Å². The number of fused-ring (bicyclic) bond motifs is 2. The van der Waals surface area contributed by atoms with Crippen LogP contribution >= 0.6 is 11.8 Å². The molecule has 1 nitrogen and oxygen atoms in total. The number of benzene rings is 3. The first-order chi connectivity index (χ1) is 13.6. The topological polar surface area (TPSA) is 9.23 Å². The zero-order chi connectivity index (χ0) is 19.7. The molecule has 3 heteroatoms. The number of hydrogen-bond acceptors (Lipinski definition) is 2. The van der Waals surface area contributed by atoms with E-state index in [0.717, 1.165) is 34.6 Å². The van der Waals surface area contributed by atoms with Crippen LogP contribution in [0.25, 0.3) is 0 Å². The summed E-state index contributed by atoms with van der Waals surface area (Å²) in [6, 6.07) is 20.6. The van der Waals surface area contributed by atoms with Crippen LogP contribution in [-0.4, -0.2) is 0 Å². The van der Waals surface area contributed by atoms with Crippen molar-refractivity contribution < 1.29 is 9.13 Å². The molecule has 1 heterocycles. The Morgan fingerprint density at radius 1 is 1.00 bits per heavy atom. The van der Waals surface area contributed by atoms with Gasteiger partial charge in [0.15, 0.2) is 5.60 Å². The van der Waals surface area contributed by atoms with Gasteiger partial charge in [0.1, 0.15) is 12.4 Å². The summed E-state index contributed by atoms with van der Waals surface area (Å²) in [5.74, 6) is 0.884. The van der Waals surface area contributed by atoms with Crippen LogP contribution in [0.2, 0.25) is 0 Å². The molecule has 1 aliphatic heterocycles. The minimum atomic E-state index is -0.622. The van der Waals surface area contributed by atoms with Crippen molar-refractivity contribution >= 4 is 11.8 Å². The Labute approximate surface area is 170 Å². The van der Waals surface area contributed by atoms with Gasteiger partial charge in [0.2, 0.25) is 0 Å². The molecular formula is C25H25FOS. The molecule has 1 atom stereocenters. The van der Waals surface area contributed by atoms with E-state index < -0.39 is 12.3 Å². The summed E-state index contributed by atoms with van der Waals surface area (Å²) in [4.78, 5) is 2.28. The highest BCUT2D eigenvalue weighted by atomic mass is 32.2. The standard InChI is InChI=1S/C25H25FOS/c1-4-9-19-14-18(16-26)15-23-24(19)25(3,20-11-6-8-13-22(20)28-23)27-21-12-7-5-10-17(21)2/h5-8,10-15H,4,9,16H2,1-3H3. The fraction of sp³-hybridized carbons (Fsp3) is 0.280. The quantitative estimate of drug-likeness (QED) is 0.453. The predicted molar refractivity (Wildman–Crippen MR) is 114 cm³/mol. The SMILES string of the molecule is CCCc1cc(CF)cc2c1C(C)(Oc1ccccc1C)c1ccccc1S2. The molecule has 144 valence electrons. The van der Waals surface area contributed by atoms with Gasteiger partial charge in [-0.2, -0.15) is 0 Å². The minimum Gasteiger partial charge on any atom is -0.478 e. The van der Waals surface area contributed by atoms with E-state index in [1.807, 2.05) is 30.3 Å². The number of aryl methyl sites for hydroxylation is 2. The maximum Gasteiger partial charge on any atom is 0.159 e. The third kappa shape index (κ3) is 3.22. The Bertz CT molecular complexity index is 1010. The lowest BCUT2D eigenvalue weighted by Gasteiger charge is -2.40. The van der Waals surface area contributed by atoms with Crippen molar-refractivity contribution in [2.75, 3.05) is 0 Å². The van der Waals surface area contributed by atoms with Gasteiger partial charge in [0, 0.05) is 20.9 Å². The first kappa shape index (κ1) is 19.1. The van der Waals surface area contributed by atoms with Gasteiger partial charge in [0.25, 0.3) is 0 Å². The average molecular weight is 393 g/mol. The summed E-state index contributed by atoms with van der Waals surface area (Å²) < 4.78 is 20.3. The molecule has 3 aromatic rings. The third-order valence-electron chi connectivity index (χ3n) is 5.42. The van der Waals surface area contributed by atoms with Crippen LogP contribution in [0.4, 0.5) is 4.39 Å². The highest BCUT2D eigenvalue weighted by molar-refractivity contribution is 7.99. The Balaban J connectivity index is 1.96. The fourth-order valence-corrected chi connectivity index (χ4v) is 5.50. The number of hydrogen-bond donors (Lipinski definition) is 0. The van der Waals surface area contributed by atoms with Gasteiger partial charge >= 0.3 is 0 Å². The second-order valence-electron chi connectivity index (χ2n) is 7.51. The van der Waals surface area contributed by atoms with Gasteiger partial charge in [-0.05, 0) is 55.2 Å². The molecule has 0 bridgehead atoms. The molecule has 0 radical (unpaired) electrons. The van der Waals surface area contributed by atoms with Gasteiger partial charge in [-0.1, -0.05) is 67.6 Å². The Morgan fingerprint density at radius 3 is 2.50 bits per heavy atom. The van der Waals surface area contributed by atoms with Gasteiger partial charge in [0.05, 0.1) is 0 Å². The van der Waals surface area contributed by atoms with Crippen LogP contribution in [-0.2, 0) is 18.7 Å². The first-order valence-corrected chi connectivity index (χ1v) is 10.6. The minimum absolute atomic E-state index is 0.443. The molecule has 0 aromatic heterocycles. The van der Waals surface area contributed by atoms with Crippen molar-refractivity contribution in [1.29, 1.82) is 0 Å². The summed E-state index contributed by atoms with van der Waals surface area (Å²) >= 11 is 1.72. The van der Waals surface area contributed by atoms with Crippen molar-refractivity contribution in [3.8, 4) is 5.75 Å². The lowest BCUT2D eigenvalue weighted by Crippen LogP contribution is -2.35. The largest absolute Gasteiger partial charge is 0.478 e. The zero-order valence-corrected chi connectivity index (χ0v) is 17.4. The van der Waals surface area contributed by atoms with E-state index in [1.54, 1.807) is 11.8 Å². The molecule has 1 aliphatic rings. The second-order valence-corrected chi connectivity index (χ2v) is 8.59. The number of rotatable bonds is 5. The fourth-order valence-electron chi connectivity index (χ4n) is 4.10. The first-order valence-electron chi connectivity index (χ1n) is 9.81. The van der Waals surface area contributed by atoms with Crippen molar-refractivity contribution in [3.63, 3.8) is 0 Å². The van der Waals surface area contributed by atoms with Crippen molar-refractivity contribution in [2.45, 2.75) is 55.7 Å². The van der Waals surface area contributed by atoms with Crippen molar-refractivity contribution in [1.82, 2.24) is 0 Å². The highest BCUT2D eigenvalue weighted by Gasteiger charge is 2.41. The third-order valence-corrected chi connectivity index (χ3v) is 6.54. The summed E-state index contributed by atoms with van der Waals surface area (Å²) in [5, 5.41) is 0. The van der Waals surface area contributed by atoms with Crippen LogP contribution in [0.3, 0.4) is 0 Å². The number of halogens is 1. The van der Waals surface area contributed by atoms with Gasteiger partial charge in [-0.3, -0.25) is 0 Å². The molecule has 0 aliphatic carbocycles. The number of alkyl halides is 1. The molecule has 0 amide bonds. The molecule has 0 spiro atoms. The molecule has 4 rings (SSSR count). The summed E-state index contributed by atoms with van der Waals surface area (Å²) in [6.07, 6.45) is 1.92. The maximum absolute atomic E-state index is 13.6. The summed E-state index contributed by atoms with van der Waals surface area (Å²) in [5.41, 5.74) is 4.76. The van der Waals surface area contributed by atoms with E-state index in [1.165, 1.54) is 21.6 Å². The Kier molecular flexibility index (Phi) is 5.20. The summed E-state index contributed by atoms with van der Waals surface area (Å²) in [6.45, 7) is 5.95. The normalized spacial score (nSPS) is 17.7. The molecule has 0 N–H and O–H groups in total. The molecule has 0 saturated carbocycles. The predicted octanol–water partition coefficient (Wildman–Crippen LogP) is 7.22. The maximum atomic E-state index is 13.6. The Hall–Kier alpha value is -2.26. The van der Waals surface area contributed by atoms with Crippen molar-refractivity contribution in [3.05, 3.63) is 88.5 Å². The smallest absolute Gasteiger partial charge is 0.159 e. The van der Waals surface area contributed by atoms with E-state index >= 15 is 0 Å². The van der Waals surface area contributed by atoms with E-state index in [-0.39, 0.29) is 0 Å². The molecule has 0 saturated heterocycles. The highest BCUT2D eigenvalue weighted by Crippen LogP contribution is 2.51. The number of para-hydroxylation sites is 1. The lowest BCUT2D eigenvalue weighted by molar-refractivity contribution is 0.123. The molecule has 3 aromatic carbocycles. The van der Waals surface area contributed by atoms with Crippen LogP contribution in [0.1, 0.15) is 48.1 Å². The summed E-state index contributed by atoms with van der Waals surface area (Å²) in [7, 11) is 0. The molecular weight excluding hydrogens is 367 g/mol. The van der Waals surface area contributed by atoms with Crippen molar-refractivity contribution in [2.24, 2.45) is 0 Å². The van der Waals surface area contributed by atoms with Gasteiger partial charge in [-0.25, -0.2) is 4.39 Å². The van der Waals surface area contributed by atoms with Crippen LogP contribution in [0.15, 0.2) is 70.5 Å². The van der Waals surface area contributed by atoms with E-state index in [9.17, 15) is 4.39 Å². The van der Waals surface area contributed by atoms with E-state index in [2.05, 4.69) is 51.1 Å². The van der Waals surface area contributed by atoms with E-state index in [0.29, 0.717) is 0 Å². The van der Waals surface area contributed by atoms with Gasteiger partial charge in [-0.15, -0.1) is 0 Å². The molecule has 1 unspecified atom stereocenters. The van der Waals surface area contributed by atoms with Crippen LogP contribution in [0, 0.1) is 6.92 Å². The average Bonchev–Trinajstić information content (AvgIpc) is 2.70. The monoisotopic (exact) mass is 392 g/mol. The number of ether oxygens (including phenoxy) is 1. The van der Waals surface area contributed by atoms with Crippen LogP contribution < -0.4 is 4.74 Å². The second kappa shape index (κ2) is 7.63. The lowest BCUT2D eigenvalue weighted by atomic mass is 9.82. The van der Waals surface area contributed by atoms with E-state index in [4.69, 9.17) is 4.74 Å². The Morgan fingerprint density at radius 2 is 1.75 bits per heavy atom.